The number of hydrogen-bond acceptors (Lipinski definition) is 3. The maximum atomic E-state index is 11.7. The van der Waals surface area contributed by atoms with Gasteiger partial charge in [-0.25, -0.2) is 0 Å². The largest absolute Gasteiger partial charge is 0.500 e. The molecule has 0 aliphatic heterocycles. The molecule has 1 aromatic rings. The molecule has 0 aromatic carbocycles. The molecular formula is C11H12O2S. The third-order valence-corrected chi connectivity index (χ3v) is 3.27. The first-order valence-corrected chi connectivity index (χ1v) is 5.57. The second-order valence-corrected chi connectivity index (χ2v) is 4.03. The molecule has 0 fully saturated rings. The zero-order chi connectivity index (χ0) is 10.1. The van der Waals surface area contributed by atoms with E-state index in [-0.39, 0.29) is 11.7 Å². The number of ether oxygens (including phenoxy) is 1. The first-order chi connectivity index (χ1) is 6.79. The van der Waals surface area contributed by atoms with Crippen molar-refractivity contribution >= 4 is 17.1 Å². The fraction of sp³-hybridized carbons (Fsp3) is 0.364. The Morgan fingerprint density at radius 1 is 1.57 bits per heavy atom. The Morgan fingerprint density at radius 2 is 2.36 bits per heavy atom. The molecule has 2 nitrogen and oxygen atoms in total. The summed E-state index contributed by atoms with van der Waals surface area (Å²) in [6.07, 6.45) is 0.767. The van der Waals surface area contributed by atoms with Crippen LogP contribution < -0.4 is 0 Å². The van der Waals surface area contributed by atoms with E-state index in [1.54, 1.807) is 18.4 Å². The van der Waals surface area contributed by atoms with E-state index >= 15 is 0 Å². The zero-order valence-electron chi connectivity index (χ0n) is 8.24. The Balaban J connectivity index is 2.34. The first-order valence-electron chi connectivity index (χ1n) is 4.63. The van der Waals surface area contributed by atoms with Crippen LogP contribution in [0.3, 0.4) is 0 Å². The Morgan fingerprint density at radius 3 is 2.86 bits per heavy atom. The van der Waals surface area contributed by atoms with Gasteiger partial charge >= 0.3 is 0 Å². The second-order valence-electron chi connectivity index (χ2n) is 3.25. The van der Waals surface area contributed by atoms with Crippen molar-refractivity contribution in [1.29, 1.82) is 0 Å². The standard InChI is InChI=1S/C11H12O2S/c1-3-8-10(12)9(11(8)13-2)7-4-5-14-6-7/h4-6,9H,3H2,1-2H3. The van der Waals surface area contributed by atoms with Crippen molar-refractivity contribution in [2.24, 2.45) is 0 Å². The first kappa shape index (κ1) is 9.46. The molecule has 1 aliphatic carbocycles. The van der Waals surface area contributed by atoms with Gasteiger partial charge in [-0.3, -0.25) is 4.79 Å². The van der Waals surface area contributed by atoms with Crippen LogP contribution in [0.2, 0.25) is 0 Å². The van der Waals surface area contributed by atoms with E-state index in [1.165, 1.54) is 0 Å². The van der Waals surface area contributed by atoms with Gasteiger partial charge in [-0.15, -0.1) is 0 Å². The number of Topliss-reactive ketones (excluding diaryl/α,β-unsaturated/α-hetero) is 1. The van der Waals surface area contributed by atoms with Gasteiger partial charge in [-0.1, -0.05) is 6.92 Å². The third kappa shape index (κ3) is 1.20. The Labute approximate surface area is 87.2 Å². The highest BCUT2D eigenvalue weighted by Crippen LogP contribution is 2.41. The molecule has 2 rings (SSSR count). The molecule has 0 bridgehead atoms. The lowest BCUT2D eigenvalue weighted by Crippen LogP contribution is -2.29. The molecule has 0 spiro atoms. The van der Waals surface area contributed by atoms with E-state index in [0.29, 0.717) is 0 Å². The van der Waals surface area contributed by atoms with E-state index in [1.807, 2.05) is 23.8 Å². The summed E-state index contributed by atoms with van der Waals surface area (Å²) in [4.78, 5) is 11.7. The highest BCUT2D eigenvalue weighted by Gasteiger charge is 2.40. The van der Waals surface area contributed by atoms with Gasteiger partial charge in [0, 0.05) is 5.57 Å². The SMILES string of the molecule is CCC1=C(OC)C(c2ccsc2)C1=O. The molecule has 0 saturated heterocycles. The lowest BCUT2D eigenvalue weighted by molar-refractivity contribution is -0.119. The summed E-state index contributed by atoms with van der Waals surface area (Å²) >= 11 is 1.61. The van der Waals surface area contributed by atoms with E-state index in [4.69, 9.17) is 4.74 Å². The van der Waals surface area contributed by atoms with Crippen LogP contribution in [0, 0.1) is 0 Å². The minimum atomic E-state index is -0.124. The van der Waals surface area contributed by atoms with Crippen LogP contribution in [-0.2, 0) is 9.53 Å². The van der Waals surface area contributed by atoms with Crippen LogP contribution in [-0.4, -0.2) is 12.9 Å². The number of methoxy groups -OCH3 is 1. The normalized spacial score (nSPS) is 21.0. The number of thiophene rings is 1. The number of carbonyl (C=O) groups is 1. The Kier molecular flexibility index (Phi) is 2.42. The average Bonchev–Trinajstić information content (AvgIpc) is 2.67. The summed E-state index contributed by atoms with van der Waals surface area (Å²) < 4.78 is 5.26. The molecule has 0 amide bonds. The van der Waals surface area contributed by atoms with Crippen LogP contribution in [0.15, 0.2) is 28.2 Å². The van der Waals surface area contributed by atoms with Gasteiger partial charge in [0.05, 0.1) is 7.11 Å². The molecule has 0 saturated carbocycles. The van der Waals surface area contributed by atoms with Gasteiger partial charge in [0.1, 0.15) is 11.7 Å². The summed E-state index contributed by atoms with van der Waals surface area (Å²) in [5.41, 5.74) is 1.91. The molecule has 3 heteroatoms. The van der Waals surface area contributed by atoms with Gasteiger partial charge in [0.15, 0.2) is 5.78 Å². The highest BCUT2D eigenvalue weighted by molar-refractivity contribution is 7.08. The monoisotopic (exact) mass is 208 g/mol. The molecule has 1 unspecified atom stereocenters. The number of carbonyl (C=O) groups excluding carboxylic acids is 1. The Hall–Kier alpha value is -1.09. The van der Waals surface area contributed by atoms with Crippen molar-refractivity contribution < 1.29 is 9.53 Å². The van der Waals surface area contributed by atoms with Crippen molar-refractivity contribution in [3.63, 3.8) is 0 Å². The van der Waals surface area contributed by atoms with Gasteiger partial charge in [-0.05, 0) is 28.8 Å². The maximum Gasteiger partial charge on any atom is 0.177 e. The van der Waals surface area contributed by atoms with Crippen molar-refractivity contribution in [3.8, 4) is 0 Å². The van der Waals surface area contributed by atoms with Gasteiger partial charge in [0.25, 0.3) is 0 Å². The van der Waals surface area contributed by atoms with Crippen molar-refractivity contribution in [1.82, 2.24) is 0 Å². The molecule has 74 valence electrons. The van der Waals surface area contributed by atoms with Crippen LogP contribution in [0.5, 0.6) is 0 Å². The molecule has 1 aromatic heterocycles. The van der Waals surface area contributed by atoms with Gasteiger partial charge < -0.3 is 4.74 Å². The molecule has 1 atom stereocenters. The fourth-order valence-electron chi connectivity index (χ4n) is 1.84. The summed E-state index contributed by atoms with van der Waals surface area (Å²) in [6, 6.07) is 1.98. The van der Waals surface area contributed by atoms with Gasteiger partial charge in [0.2, 0.25) is 0 Å². The Bertz CT molecular complexity index is 376. The molecule has 1 heterocycles. The fourth-order valence-corrected chi connectivity index (χ4v) is 2.53. The number of hydrogen-bond donors (Lipinski definition) is 0. The third-order valence-electron chi connectivity index (χ3n) is 2.57. The molecule has 0 radical (unpaired) electrons. The van der Waals surface area contributed by atoms with Crippen molar-refractivity contribution in [3.05, 3.63) is 33.7 Å². The highest BCUT2D eigenvalue weighted by atomic mass is 32.1. The second kappa shape index (κ2) is 3.58. The summed E-state index contributed by atoms with van der Waals surface area (Å²) in [7, 11) is 1.64. The summed E-state index contributed by atoms with van der Waals surface area (Å²) in [5, 5.41) is 3.99. The topological polar surface area (TPSA) is 26.3 Å². The number of allylic oxidation sites excluding steroid dienone is 2. The summed E-state index contributed by atoms with van der Waals surface area (Å²) in [6.45, 7) is 1.98. The minimum absolute atomic E-state index is 0.124. The van der Waals surface area contributed by atoms with E-state index < -0.39 is 0 Å². The van der Waals surface area contributed by atoms with E-state index in [2.05, 4.69) is 0 Å². The van der Waals surface area contributed by atoms with Crippen molar-refractivity contribution in [2.75, 3.05) is 7.11 Å². The summed E-state index contributed by atoms with van der Waals surface area (Å²) in [5.74, 6) is 0.958. The molecule has 0 N–H and O–H groups in total. The smallest absolute Gasteiger partial charge is 0.177 e. The van der Waals surface area contributed by atoms with E-state index in [0.717, 1.165) is 23.3 Å². The van der Waals surface area contributed by atoms with Crippen LogP contribution in [0.1, 0.15) is 24.8 Å². The predicted molar refractivity (Wildman–Crippen MR) is 56.4 cm³/mol. The van der Waals surface area contributed by atoms with Crippen LogP contribution in [0.4, 0.5) is 0 Å². The molecular weight excluding hydrogens is 196 g/mol. The van der Waals surface area contributed by atoms with Gasteiger partial charge in [-0.2, -0.15) is 11.3 Å². The quantitative estimate of drug-likeness (QED) is 0.763. The lowest BCUT2D eigenvalue weighted by atomic mass is 9.77. The van der Waals surface area contributed by atoms with Crippen molar-refractivity contribution in [2.45, 2.75) is 19.3 Å². The zero-order valence-corrected chi connectivity index (χ0v) is 9.06. The molecule has 1 aliphatic rings. The molecule has 14 heavy (non-hydrogen) atoms. The number of rotatable bonds is 3. The minimum Gasteiger partial charge on any atom is -0.500 e. The van der Waals surface area contributed by atoms with E-state index in [9.17, 15) is 4.79 Å². The maximum absolute atomic E-state index is 11.7. The lowest BCUT2D eigenvalue weighted by Gasteiger charge is -2.29. The van der Waals surface area contributed by atoms with Crippen LogP contribution >= 0.6 is 11.3 Å². The predicted octanol–water partition coefficient (Wildman–Crippen LogP) is 2.72. The average molecular weight is 208 g/mol. The number of ketones is 1. The van der Waals surface area contributed by atoms with Crippen LogP contribution in [0.25, 0.3) is 0 Å².